The molecule has 0 saturated carbocycles. The summed E-state index contributed by atoms with van der Waals surface area (Å²) in [6, 6.07) is 4.38. The van der Waals surface area contributed by atoms with Crippen molar-refractivity contribution in [2.24, 2.45) is 5.92 Å². The lowest BCUT2D eigenvalue weighted by atomic mass is 10.0. The highest BCUT2D eigenvalue weighted by molar-refractivity contribution is 5.92. The first-order valence-electron chi connectivity index (χ1n) is 7.02. The molecule has 0 spiro atoms. The van der Waals surface area contributed by atoms with Crippen LogP contribution >= 0.6 is 0 Å². The van der Waals surface area contributed by atoms with E-state index in [9.17, 15) is 4.79 Å². The number of aromatic nitrogens is 1. The van der Waals surface area contributed by atoms with E-state index in [1.54, 1.807) is 6.20 Å². The minimum absolute atomic E-state index is 0.0730. The van der Waals surface area contributed by atoms with Crippen molar-refractivity contribution in [2.45, 2.75) is 32.7 Å². The van der Waals surface area contributed by atoms with Crippen LogP contribution in [0.3, 0.4) is 0 Å². The van der Waals surface area contributed by atoms with Gasteiger partial charge in [0.25, 0.3) is 5.91 Å². The molecule has 1 N–H and O–H groups in total. The summed E-state index contributed by atoms with van der Waals surface area (Å²) in [6.07, 6.45) is 4.12. The van der Waals surface area contributed by atoms with Gasteiger partial charge in [-0.15, -0.1) is 0 Å². The zero-order valence-electron chi connectivity index (χ0n) is 12.0. The van der Waals surface area contributed by atoms with Crippen LogP contribution < -0.4 is 5.32 Å². The fourth-order valence-electron chi connectivity index (χ4n) is 2.50. The van der Waals surface area contributed by atoms with Crippen LogP contribution in [0.1, 0.15) is 48.8 Å². The van der Waals surface area contributed by atoms with Gasteiger partial charge in [-0.25, -0.2) is 0 Å². The van der Waals surface area contributed by atoms with Gasteiger partial charge < -0.3 is 5.32 Å². The predicted octanol–water partition coefficient (Wildman–Crippen LogP) is 2.23. The summed E-state index contributed by atoms with van der Waals surface area (Å²) >= 11 is 0. The number of amides is 1. The standard InChI is InChI=1S/C15H23N3O/c1-11(2)10-17-15(19)13-9-12(6-7-16-13)14-5-4-8-18(14)3/h6-7,9,11,14H,4-5,8,10H2,1-3H3,(H,17,19)/t14-/m1/s1. The Hall–Kier alpha value is -1.42. The van der Waals surface area contributed by atoms with E-state index in [2.05, 4.69) is 36.1 Å². The topological polar surface area (TPSA) is 45.2 Å². The van der Waals surface area contributed by atoms with Crippen LogP contribution in [-0.2, 0) is 0 Å². The fourth-order valence-corrected chi connectivity index (χ4v) is 2.50. The van der Waals surface area contributed by atoms with E-state index in [4.69, 9.17) is 0 Å². The first kappa shape index (κ1) is 14.0. The molecule has 4 heteroatoms. The summed E-state index contributed by atoms with van der Waals surface area (Å²) in [7, 11) is 2.14. The maximum absolute atomic E-state index is 12.0. The van der Waals surface area contributed by atoms with Gasteiger partial charge in [-0.05, 0) is 50.0 Å². The summed E-state index contributed by atoms with van der Waals surface area (Å²) < 4.78 is 0. The minimum Gasteiger partial charge on any atom is -0.350 e. The second kappa shape index (κ2) is 6.15. The van der Waals surface area contributed by atoms with Crippen LogP contribution in [0.4, 0.5) is 0 Å². The third-order valence-electron chi connectivity index (χ3n) is 3.59. The molecule has 0 aliphatic carbocycles. The summed E-state index contributed by atoms with van der Waals surface area (Å²) in [4.78, 5) is 18.5. The lowest BCUT2D eigenvalue weighted by Crippen LogP contribution is -2.28. The number of hydrogen-bond acceptors (Lipinski definition) is 3. The highest BCUT2D eigenvalue weighted by atomic mass is 16.1. The summed E-state index contributed by atoms with van der Waals surface area (Å²) in [5, 5.41) is 2.91. The van der Waals surface area contributed by atoms with Gasteiger partial charge in [0.05, 0.1) is 0 Å². The van der Waals surface area contributed by atoms with Gasteiger partial charge in [0.15, 0.2) is 0 Å². The van der Waals surface area contributed by atoms with E-state index in [1.165, 1.54) is 12.0 Å². The Kier molecular flexibility index (Phi) is 4.53. The average Bonchev–Trinajstić information content (AvgIpc) is 2.82. The van der Waals surface area contributed by atoms with E-state index in [0.29, 0.717) is 24.2 Å². The molecule has 2 heterocycles. The molecule has 1 aromatic rings. The van der Waals surface area contributed by atoms with Gasteiger partial charge in [-0.3, -0.25) is 14.7 Å². The van der Waals surface area contributed by atoms with Crippen molar-refractivity contribution in [2.75, 3.05) is 20.1 Å². The number of nitrogens with one attached hydrogen (secondary N) is 1. The summed E-state index contributed by atoms with van der Waals surface area (Å²) in [5.41, 5.74) is 1.73. The Labute approximate surface area is 115 Å². The molecule has 1 aliphatic rings. The quantitative estimate of drug-likeness (QED) is 0.904. The molecule has 104 valence electrons. The number of hydrogen-bond donors (Lipinski definition) is 1. The average molecular weight is 261 g/mol. The summed E-state index contributed by atoms with van der Waals surface area (Å²) in [5.74, 6) is 0.379. The third kappa shape index (κ3) is 3.53. The number of nitrogens with zero attached hydrogens (tertiary/aromatic N) is 2. The van der Waals surface area contributed by atoms with Crippen molar-refractivity contribution in [3.05, 3.63) is 29.6 Å². The third-order valence-corrected chi connectivity index (χ3v) is 3.59. The molecule has 1 saturated heterocycles. The largest absolute Gasteiger partial charge is 0.350 e. The highest BCUT2D eigenvalue weighted by Crippen LogP contribution is 2.30. The number of carbonyl (C=O) groups excluding carboxylic acids is 1. The lowest BCUT2D eigenvalue weighted by Gasteiger charge is -2.20. The van der Waals surface area contributed by atoms with Crippen LogP contribution in [0.2, 0.25) is 0 Å². The number of pyridine rings is 1. The maximum atomic E-state index is 12.0. The molecule has 19 heavy (non-hydrogen) atoms. The molecular weight excluding hydrogens is 238 g/mol. The second-order valence-corrected chi connectivity index (χ2v) is 5.72. The zero-order valence-corrected chi connectivity index (χ0v) is 12.0. The van der Waals surface area contributed by atoms with Gasteiger partial charge in [-0.1, -0.05) is 13.8 Å². The Bertz CT molecular complexity index is 445. The Morgan fingerprint density at radius 3 is 3.00 bits per heavy atom. The van der Waals surface area contributed by atoms with Gasteiger partial charge in [0.2, 0.25) is 0 Å². The molecule has 0 aromatic carbocycles. The van der Waals surface area contributed by atoms with Crippen LogP contribution in [0, 0.1) is 5.92 Å². The smallest absolute Gasteiger partial charge is 0.269 e. The van der Waals surface area contributed by atoms with Crippen molar-refractivity contribution in [1.29, 1.82) is 0 Å². The normalized spacial score (nSPS) is 19.9. The van der Waals surface area contributed by atoms with E-state index in [1.807, 2.05) is 12.1 Å². The lowest BCUT2D eigenvalue weighted by molar-refractivity contribution is 0.0944. The minimum atomic E-state index is -0.0730. The molecule has 1 amide bonds. The molecule has 1 atom stereocenters. The Balaban J connectivity index is 2.08. The van der Waals surface area contributed by atoms with Crippen LogP contribution in [-0.4, -0.2) is 35.9 Å². The number of likely N-dealkylation sites (tertiary alicyclic amines) is 1. The Morgan fingerprint density at radius 1 is 1.58 bits per heavy atom. The SMILES string of the molecule is CC(C)CNC(=O)c1cc([C@H]2CCCN2C)ccn1. The monoisotopic (exact) mass is 261 g/mol. The Morgan fingerprint density at radius 2 is 2.37 bits per heavy atom. The zero-order chi connectivity index (χ0) is 13.8. The van der Waals surface area contributed by atoms with Crippen LogP contribution in [0.25, 0.3) is 0 Å². The van der Waals surface area contributed by atoms with Gasteiger partial charge in [-0.2, -0.15) is 0 Å². The van der Waals surface area contributed by atoms with E-state index < -0.39 is 0 Å². The molecule has 2 rings (SSSR count). The van der Waals surface area contributed by atoms with Gasteiger partial charge >= 0.3 is 0 Å². The van der Waals surface area contributed by atoms with E-state index >= 15 is 0 Å². The molecule has 0 radical (unpaired) electrons. The van der Waals surface area contributed by atoms with Crippen molar-refractivity contribution < 1.29 is 4.79 Å². The first-order chi connectivity index (χ1) is 9.08. The maximum Gasteiger partial charge on any atom is 0.269 e. The van der Waals surface area contributed by atoms with E-state index in [0.717, 1.165) is 13.0 Å². The van der Waals surface area contributed by atoms with Gasteiger partial charge in [0, 0.05) is 18.8 Å². The first-order valence-corrected chi connectivity index (χ1v) is 7.02. The molecule has 0 bridgehead atoms. The number of rotatable bonds is 4. The molecular formula is C15H23N3O. The number of carbonyl (C=O) groups is 1. The molecule has 1 aromatic heterocycles. The summed E-state index contributed by atoms with van der Waals surface area (Å²) in [6.45, 7) is 5.98. The molecule has 1 fully saturated rings. The van der Waals surface area contributed by atoms with Crippen molar-refractivity contribution in [3.63, 3.8) is 0 Å². The van der Waals surface area contributed by atoms with Crippen molar-refractivity contribution in [1.82, 2.24) is 15.2 Å². The van der Waals surface area contributed by atoms with Crippen molar-refractivity contribution in [3.8, 4) is 0 Å². The van der Waals surface area contributed by atoms with Crippen molar-refractivity contribution >= 4 is 5.91 Å². The molecule has 4 nitrogen and oxygen atoms in total. The van der Waals surface area contributed by atoms with Crippen LogP contribution in [0.15, 0.2) is 18.3 Å². The van der Waals surface area contributed by atoms with Gasteiger partial charge in [0.1, 0.15) is 5.69 Å². The highest BCUT2D eigenvalue weighted by Gasteiger charge is 2.23. The van der Waals surface area contributed by atoms with E-state index in [-0.39, 0.29) is 5.91 Å². The second-order valence-electron chi connectivity index (χ2n) is 5.72. The van der Waals surface area contributed by atoms with Crippen LogP contribution in [0.5, 0.6) is 0 Å². The fraction of sp³-hybridized carbons (Fsp3) is 0.600. The molecule has 0 unspecified atom stereocenters. The molecule has 1 aliphatic heterocycles. The predicted molar refractivity (Wildman–Crippen MR) is 76.0 cm³/mol.